The molecule has 8 nitrogen and oxygen atoms in total. The lowest BCUT2D eigenvalue weighted by molar-refractivity contribution is 0.100. The molecule has 164 valence electrons. The lowest BCUT2D eigenvalue weighted by atomic mass is 10.1. The number of fused-ring (bicyclic) bond motifs is 1. The van der Waals surface area contributed by atoms with Gasteiger partial charge in [-0.15, -0.1) is 0 Å². The third-order valence-corrected chi connectivity index (χ3v) is 5.48. The molecule has 0 fully saturated rings. The smallest absolute Gasteiger partial charge is 0.261 e. The summed E-state index contributed by atoms with van der Waals surface area (Å²) < 4.78 is 0. The SMILES string of the molecule is CCc1cc(C(N)=O)cc2[nH]c(-c3c(NCC(O)c4cccc(Cl)c4)cc[nH]c3=O)nc12. The van der Waals surface area contributed by atoms with Gasteiger partial charge in [-0.2, -0.15) is 0 Å². The molecule has 32 heavy (non-hydrogen) atoms. The summed E-state index contributed by atoms with van der Waals surface area (Å²) in [6, 6.07) is 12.0. The van der Waals surface area contributed by atoms with Crippen LogP contribution in [0, 0.1) is 0 Å². The van der Waals surface area contributed by atoms with E-state index in [1.807, 2.05) is 6.92 Å². The van der Waals surface area contributed by atoms with Crippen molar-refractivity contribution >= 4 is 34.2 Å². The first kappa shape index (κ1) is 21.6. The van der Waals surface area contributed by atoms with Gasteiger partial charge >= 0.3 is 0 Å². The fraction of sp³-hybridized carbons (Fsp3) is 0.174. The van der Waals surface area contributed by atoms with E-state index in [1.165, 1.54) is 6.20 Å². The number of primary amides is 1. The van der Waals surface area contributed by atoms with Crippen molar-refractivity contribution in [1.29, 1.82) is 0 Å². The van der Waals surface area contributed by atoms with E-state index in [0.717, 1.165) is 5.56 Å². The van der Waals surface area contributed by atoms with Crippen molar-refractivity contribution < 1.29 is 9.90 Å². The third kappa shape index (κ3) is 4.23. The molecule has 1 amide bonds. The van der Waals surface area contributed by atoms with Gasteiger partial charge in [-0.25, -0.2) is 4.98 Å². The molecule has 0 radical (unpaired) electrons. The van der Waals surface area contributed by atoms with Crippen molar-refractivity contribution in [3.8, 4) is 11.4 Å². The Hall–Kier alpha value is -3.62. The van der Waals surface area contributed by atoms with Crippen LogP contribution in [-0.2, 0) is 6.42 Å². The number of rotatable bonds is 7. The minimum Gasteiger partial charge on any atom is -0.387 e. The maximum absolute atomic E-state index is 12.7. The van der Waals surface area contributed by atoms with E-state index in [1.54, 1.807) is 42.5 Å². The molecule has 0 aliphatic rings. The van der Waals surface area contributed by atoms with Crippen LogP contribution in [0.5, 0.6) is 0 Å². The van der Waals surface area contributed by atoms with Crippen LogP contribution in [0.25, 0.3) is 22.4 Å². The second-order valence-electron chi connectivity index (χ2n) is 7.38. The summed E-state index contributed by atoms with van der Waals surface area (Å²) in [5, 5.41) is 14.2. The Kier molecular flexibility index (Phi) is 5.98. The number of carbonyl (C=O) groups is 1. The number of halogens is 1. The van der Waals surface area contributed by atoms with Gasteiger partial charge in [0.2, 0.25) is 5.91 Å². The molecule has 0 spiro atoms. The van der Waals surface area contributed by atoms with E-state index in [9.17, 15) is 14.7 Å². The number of aromatic amines is 2. The predicted octanol–water partition coefficient (Wildman–Crippen LogP) is 3.38. The van der Waals surface area contributed by atoms with E-state index in [-0.39, 0.29) is 12.1 Å². The number of pyridine rings is 1. The summed E-state index contributed by atoms with van der Waals surface area (Å²) in [5.74, 6) is -0.189. The predicted molar refractivity (Wildman–Crippen MR) is 125 cm³/mol. The molecule has 4 rings (SSSR count). The fourth-order valence-electron chi connectivity index (χ4n) is 3.62. The molecule has 1 unspecified atom stereocenters. The minimum atomic E-state index is -0.832. The molecule has 4 aromatic rings. The van der Waals surface area contributed by atoms with E-state index < -0.39 is 12.0 Å². The van der Waals surface area contributed by atoms with Gasteiger partial charge in [0, 0.05) is 23.3 Å². The Bertz CT molecular complexity index is 1360. The molecular weight excluding hydrogens is 430 g/mol. The first-order valence-corrected chi connectivity index (χ1v) is 10.5. The lowest BCUT2D eigenvalue weighted by Gasteiger charge is -2.15. The van der Waals surface area contributed by atoms with Gasteiger partial charge in [-0.05, 0) is 47.9 Å². The summed E-state index contributed by atoms with van der Waals surface area (Å²) >= 11 is 6.01. The fourth-order valence-corrected chi connectivity index (χ4v) is 3.82. The number of hydrogen-bond acceptors (Lipinski definition) is 5. The van der Waals surface area contributed by atoms with Crippen molar-refractivity contribution in [1.82, 2.24) is 15.0 Å². The number of anilines is 1. The number of aromatic nitrogens is 3. The quantitative estimate of drug-likeness (QED) is 0.293. The highest BCUT2D eigenvalue weighted by Crippen LogP contribution is 2.28. The van der Waals surface area contributed by atoms with E-state index in [4.69, 9.17) is 17.3 Å². The van der Waals surface area contributed by atoms with Crippen LogP contribution in [0.2, 0.25) is 5.02 Å². The Labute approximate surface area is 188 Å². The zero-order valence-electron chi connectivity index (χ0n) is 17.3. The van der Waals surface area contributed by atoms with Gasteiger partial charge in [-0.3, -0.25) is 9.59 Å². The number of aryl methyl sites for hydroxylation is 1. The molecule has 6 N–H and O–H groups in total. The number of carbonyl (C=O) groups excluding carboxylic acids is 1. The number of H-pyrrole nitrogens is 2. The van der Waals surface area contributed by atoms with Crippen molar-refractivity contribution in [3.05, 3.63) is 80.7 Å². The number of benzene rings is 2. The molecule has 0 aliphatic carbocycles. The van der Waals surface area contributed by atoms with Crippen molar-refractivity contribution in [2.24, 2.45) is 5.73 Å². The van der Waals surface area contributed by atoms with Crippen LogP contribution in [0.1, 0.15) is 34.5 Å². The van der Waals surface area contributed by atoms with Crippen molar-refractivity contribution in [2.45, 2.75) is 19.4 Å². The number of aliphatic hydroxyl groups is 1. The van der Waals surface area contributed by atoms with Crippen LogP contribution in [0.4, 0.5) is 5.69 Å². The molecular formula is C23H22ClN5O3. The summed E-state index contributed by atoms with van der Waals surface area (Å²) in [4.78, 5) is 34.8. The van der Waals surface area contributed by atoms with Crippen molar-refractivity contribution in [3.63, 3.8) is 0 Å². The highest BCUT2D eigenvalue weighted by Gasteiger charge is 2.18. The summed E-state index contributed by atoms with van der Waals surface area (Å²) in [6.45, 7) is 2.11. The van der Waals surface area contributed by atoms with Crippen molar-refractivity contribution in [2.75, 3.05) is 11.9 Å². The summed E-state index contributed by atoms with van der Waals surface area (Å²) in [5.41, 5.74) is 9.05. The number of aliphatic hydroxyl groups excluding tert-OH is 1. The molecule has 0 aliphatic heterocycles. The van der Waals surface area contributed by atoms with Gasteiger partial charge in [0.1, 0.15) is 11.4 Å². The number of nitrogens with zero attached hydrogens (tertiary/aromatic N) is 1. The molecule has 0 saturated carbocycles. The zero-order valence-corrected chi connectivity index (χ0v) is 18.0. The lowest BCUT2D eigenvalue weighted by Crippen LogP contribution is -2.17. The van der Waals surface area contributed by atoms with Gasteiger partial charge in [0.25, 0.3) is 5.56 Å². The number of amides is 1. The van der Waals surface area contributed by atoms with Gasteiger partial charge in [0.15, 0.2) is 0 Å². The largest absolute Gasteiger partial charge is 0.387 e. The second kappa shape index (κ2) is 8.86. The van der Waals surface area contributed by atoms with E-state index >= 15 is 0 Å². The molecule has 2 aromatic carbocycles. The third-order valence-electron chi connectivity index (χ3n) is 5.25. The van der Waals surface area contributed by atoms with Gasteiger partial charge < -0.3 is 26.1 Å². The highest BCUT2D eigenvalue weighted by atomic mass is 35.5. The second-order valence-corrected chi connectivity index (χ2v) is 7.82. The topological polar surface area (TPSA) is 137 Å². The Morgan fingerprint density at radius 3 is 2.81 bits per heavy atom. The Morgan fingerprint density at radius 1 is 1.28 bits per heavy atom. The van der Waals surface area contributed by atoms with Gasteiger partial charge in [0.05, 0.1) is 22.8 Å². The average Bonchev–Trinajstić information content (AvgIpc) is 3.20. The minimum absolute atomic E-state index is 0.156. The Morgan fingerprint density at radius 2 is 2.09 bits per heavy atom. The maximum atomic E-state index is 12.7. The number of nitrogens with one attached hydrogen (secondary N) is 3. The van der Waals surface area contributed by atoms with Crippen LogP contribution >= 0.6 is 11.6 Å². The van der Waals surface area contributed by atoms with E-state index in [0.29, 0.717) is 50.7 Å². The summed E-state index contributed by atoms with van der Waals surface area (Å²) in [7, 11) is 0. The first-order chi connectivity index (χ1) is 15.4. The monoisotopic (exact) mass is 451 g/mol. The van der Waals surface area contributed by atoms with Crippen LogP contribution < -0.4 is 16.6 Å². The standard InChI is InChI=1S/C23H22ClN5O3/c1-2-12-8-14(21(25)31)10-17-20(12)29-22(28-17)19-16(6-7-26-23(19)32)27-11-18(30)13-4-3-5-15(24)9-13/h3-10,18,30H,2,11H2,1H3,(H2,25,31)(H,28,29)(H2,26,27,32). The number of imidazole rings is 1. The van der Waals surface area contributed by atoms with Crippen LogP contribution in [0.15, 0.2) is 53.5 Å². The molecule has 9 heteroatoms. The highest BCUT2D eigenvalue weighted by molar-refractivity contribution is 6.30. The number of nitrogens with two attached hydrogens (primary N) is 1. The maximum Gasteiger partial charge on any atom is 0.261 e. The molecule has 0 bridgehead atoms. The molecule has 2 heterocycles. The summed E-state index contributed by atoms with van der Waals surface area (Å²) in [6.07, 6.45) is 1.33. The average molecular weight is 452 g/mol. The zero-order chi connectivity index (χ0) is 22.8. The van der Waals surface area contributed by atoms with Crippen LogP contribution in [-0.4, -0.2) is 32.5 Å². The van der Waals surface area contributed by atoms with Crippen LogP contribution in [0.3, 0.4) is 0 Å². The Balaban J connectivity index is 1.71. The molecule has 1 atom stereocenters. The van der Waals surface area contributed by atoms with E-state index in [2.05, 4.69) is 20.3 Å². The van der Waals surface area contributed by atoms with Gasteiger partial charge in [-0.1, -0.05) is 30.7 Å². The molecule has 0 saturated heterocycles. The number of hydrogen-bond donors (Lipinski definition) is 5. The first-order valence-electron chi connectivity index (χ1n) is 10.1. The molecule has 2 aromatic heterocycles. The normalized spacial score (nSPS) is 12.1.